The van der Waals surface area contributed by atoms with Crippen molar-refractivity contribution in [3.8, 4) is 44.5 Å². The van der Waals surface area contributed by atoms with Crippen LogP contribution in [0.25, 0.3) is 72.0 Å². The number of allylic oxidation sites excluding steroid dienone is 4. The summed E-state index contributed by atoms with van der Waals surface area (Å²) in [7, 11) is 0. The third-order valence-electron chi connectivity index (χ3n) is 13.5. The van der Waals surface area contributed by atoms with E-state index in [4.69, 9.17) is 0 Å². The van der Waals surface area contributed by atoms with Gasteiger partial charge in [0.15, 0.2) is 0 Å². The molecule has 0 N–H and O–H groups in total. The highest BCUT2D eigenvalue weighted by Crippen LogP contribution is 2.63. The number of nitrogens with zero attached hydrogens (tertiary/aromatic N) is 2. The van der Waals surface area contributed by atoms with Gasteiger partial charge in [-0.3, -0.25) is 0 Å². The second-order valence-corrected chi connectivity index (χ2v) is 16.8. The Bertz CT molecular complexity index is 3390. The van der Waals surface area contributed by atoms with Gasteiger partial charge in [-0.15, -0.1) is 0 Å². The molecule has 0 saturated carbocycles. The quantitative estimate of drug-likeness (QED) is 0.146. The van der Waals surface area contributed by atoms with Crippen LogP contribution in [0.1, 0.15) is 36.1 Å². The number of fused-ring (bicyclic) bond motifs is 13. The van der Waals surface area contributed by atoms with Gasteiger partial charge < -0.3 is 9.47 Å². The number of benzene rings is 9. The van der Waals surface area contributed by atoms with E-state index in [1.54, 1.807) is 0 Å². The van der Waals surface area contributed by atoms with Gasteiger partial charge in [-0.1, -0.05) is 170 Å². The van der Waals surface area contributed by atoms with E-state index in [0.29, 0.717) is 0 Å². The average molecular weight is 805 g/mol. The Balaban J connectivity index is 1.01. The fourth-order valence-electron chi connectivity index (χ4n) is 10.7. The number of hydrogen-bond donors (Lipinski definition) is 0. The third kappa shape index (κ3) is 5.58. The average Bonchev–Trinajstić information content (AvgIpc) is 3.95. The maximum atomic E-state index is 2.48. The fourth-order valence-corrected chi connectivity index (χ4v) is 10.7. The van der Waals surface area contributed by atoms with E-state index in [9.17, 15) is 0 Å². The van der Waals surface area contributed by atoms with Crippen molar-refractivity contribution < 1.29 is 0 Å². The van der Waals surface area contributed by atoms with E-state index in [1.165, 1.54) is 94.3 Å². The Morgan fingerprint density at radius 2 is 0.889 bits per heavy atom. The van der Waals surface area contributed by atoms with Crippen LogP contribution >= 0.6 is 0 Å². The number of anilines is 3. The molecule has 9 aromatic carbocycles. The SMILES string of the molecule is C/C=C\C=C(/C)n1c2ccccc2c2cc(-c3ccc(N(c4ccc(-c5ccccc5)cc4)c4ccc5c(c4)C4(c6ccccc6-c6ccccc64)c4ccccc4-5)cc3)ccc21. The second kappa shape index (κ2) is 14.6. The van der Waals surface area contributed by atoms with E-state index >= 15 is 0 Å². The normalized spacial score (nSPS) is 13.4. The standard InChI is InChI=1S/C61H44N2/c1-3-4-16-41(2)62-59-26-15-11-22-53(59)54-39-45(31-38-60(54)62)44-29-34-47(35-30-44)63(46-32-27-43(28-33-46)42-17-6-5-7-18-42)48-36-37-52-51-21-10-14-25-57(51)61(58(52)40-48)55-23-12-8-19-49(55)50-20-9-13-24-56(50)61/h3-40H,1-2H3/b4-3-,41-16+. The molecule has 10 aromatic rings. The molecule has 2 heteroatoms. The Labute approximate surface area is 369 Å². The van der Waals surface area contributed by atoms with Crippen LogP contribution in [0.4, 0.5) is 17.1 Å². The summed E-state index contributed by atoms with van der Waals surface area (Å²) in [4.78, 5) is 2.43. The topological polar surface area (TPSA) is 8.17 Å². The summed E-state index contributed by atoms with van der Waals surface area (Å²) in [6, 6.07) is 78.8. The molecule has 1 aromatic heterocycles. The summed E-state index contributed by atoms with van der Waals surface area (Å²) < 4.78 is 2.38. The van der Waals surface area contributed by atoms with Gasteiger partial charge in [-0.25, -0.2) is 0 Å². The summed E-state index contributed by atoms with van der Waals surface area (Å²) >= 11 is 0. The highest BCUT2D eigenvalue weighted by molar-refractivity contribution is 6.11. The molecule has 0 atom stereocenters. The molecule has 0 aliphatic heterocycles. The minimum atomic E-state index is -0.426. The molecular formula is C61H44N2. The number of aromatic nitrogens is 1. The first-order valence-electron chi connectivity index (χ1n) is 22.0. The molecule has 12 rings (SSSR count). The van der Waals surface area contributed by atoms with Crippen LogP contribution in [-0.2, 0) is 5.41 Å². The van der Waals surface area contributed by atoms with Crippen molar-refractivity contribution in [2.24, 2.45) is 0 Å². The molecule has 0 bridgehead atoms. The molecule has 2 aliphatic rings. The van der Waals surface area contributed by atoms with Crippen molar-refractivity contribution in [1.29, 1.82) is 0 Å². The highest BCUT2D eigenvalue weighted by atomic mass is 15.1. The Morgan fingerprint density at radius 1 is 0.413 bits per heavy atom. The molecule has 0 radical (unpaired) electrons. The summed E-state index contributed by atoms with van der Waals surface area (Å²) in [5, 5.41) is 2.51. The van der Waals surface area contributed by atoms with Crippen molar-refractivity contribution in [2.45, 2.75) is 19.3 Å². The Morgan fingerprint density at radius 3 is 1.51 bits per heavy atom. The largest absolute Gasteiger partial charge is 0.313 e. The first-order chi connectivity index (χ1) is 31.1. The first-order valence-corrected chi connectivity index (χ1v) is 22.0. The molecule has 0 amide bonds. The van der Waals surface area contributed by atoms with Crippen LogP contribution in [0.2, 0.25) is 0 Å². The first kappa shape index (κ1) is 36.9. The predicted molar refractivity (Wildman–Crippen MR) is 266 cm³/mol. The minimum absolute atomic E-state index is 0.426. The van der Waals surface area contributed by atoms with Crippen LogP contribution in [0, 0.1) is 0 Å². The molecule has 1 spiro atoms. The van der Waals surface area contributed by atoms with Gasteiger partial charge in [0.1, 0.15) is 0 Å². The number of rotatable bonds is 7. The van der Waals surface area contributed by atoms with Crippen LogP contribution < -0.4 is 4.90 Å². The monoisotopic (exact) mass is 804 g/mol. The zero-order valence-corrected chi connectivity index (χ0v) is 35.3. The summed E-state index contributed by atoms with van der Waals surface area (Å²) in [6.07, 6.45) is 6.37. The Kier molecular flexibility index (Phi) is 8.55. The van der Waals surface area contributed by atoms with Gasteiger partial charge in [0.25, 0.3) is 0 Å². The van der Waals surface area contributed by atoms with Crippen molar-refractivity contribution >= 4 is 44.6 Å². The molecule has 0 unspecified atom stereocenters. The molecular weight excluding hydrogens is 761 g/mol. The molecule has 63 heavy (non-hydrogen) atoms. The van der Waals surface area contributed by atoms with Gasteiger partial charge in [-0.2, -0.15) is 0 Å². The highest BCUT2D eigenvalue weighted by Gasteiger charge is 2.51. The van der Waals surface area contributed by atoms with Crippen molar-refractivity contribution in [1.82, 2.24) is 4.57 Å². The zero-order chi connectivity index (χ0) is 42.1. The molecule has 0 saturated heterocycles. The van der Waals surface area contributed by atoms with E-state index in [2.05, 4.69) is 254 Å². The fraction of sp³-hybridized carbons (Fsp3) is 0.0492. The van der Waals surface area contributed by atoms with Gasteiger partial charge in [0.2, 0.25) is 0 Å². The van der Waals surface area contributed by atoms with Crippen molar-refractivity contribution in [3.05, 3.63) is 253 Å². The summed E-state index contributed by atoms with van der Waals surface area (Å²) in [6.45, 7) is 4.24. The Hall–Kier alpha value is -7.94. The maximum absolute atomic E-state index is 2.48. The van der Waals surface area contributed by atoms with Crippen molar-refractivity contribution in [3.63, 3.8) is 0 Å². The van der Waals surface area contributed by atoms with Gasteiger partial charge in [0.05, 0.1) is 16.4 Å². The van der Waals surface area contributed by atoms with E-state index in [0.717, 1.165) is 17.1 Å². The second-order valence-electron chi connectivity index (χ2n) is 16.8. The minimum Gasteiger partial charge on any atom is -0.313 e. The lowest BCUT2D eigenvalue weighted by Crippen LogP contribution is -2.26. The van der Waals surface area contributed by atoms with Gasteiger partial charge >= 0.3 is 0 Å². The van der Waals surface area contributed by atoms with Crippen LogP contribution in [-0.4, -0.2) is 4.57 Å². The molecule has 0 fully saturated rings. The van der Waals surface area contributed by atoms with Crippen LogP contribution in [0.3, 0.4) is 0 Å². The van der Waals surface area contributed by atoms with Crippen molar-refractivity contribution in [2.75, 3.05) is 4.90 Å². The summed E-state index contributed by atoms with van der Waals surface area (Å²) in [5.74, 6) is 0. The lowest BCUT2D eigenvalue weighted by molar-refractivity contribution is 0.793. The smallest absolute Gasteiger partial charge is 0.0726 e. The van der Waals surface area contributed by atoms with Gasteiger partial charge in [-0.05, 0) is 141 Å². The summed E-state index contributed by atoms with van der Waals surface area (Å²) in [5.41, 5.74) is 21.9. The molecule has 298 valence electrons. The predicted octanol–water partition coefficient (Wildman–Crippen LogP) is 16.4. The number of para-hydroxylation sites is 1. The van der Waals surface area contributed by atoms with E-state index in [1.807, 2.05) is 0 Å². The van der Waals surface area contributed by atoms with E-state index in [-0.39, 0.29) is 0 Å². The molecule has 2 nitrogen and oxygen atoms in total. The van der Waals surface area contributed by atoms with Crippen LogP contribution in [0.15, 0.2) is 231 Å². The molecule has 2 aliphatic carbocycles. The molecule has 1 heterocycles. The van der Waals surface area contributed by atoms with Gasteiger partial charge in [0, 0.05) is 33.5 Å². The maximum Gasteiger partial charge on any atom is 0.0726 e. The van der Waals surface area contributed by atoms with E-state index < -0.39 is 5.41 Å². The number of hydrogen-bond acceptors (Lipinski definition) is 1. The lowest BCUT2D eigenvalue weighted by atomic mass is 9.70. The third-order valence-corrected chi connectivity index (χ3v) is 13.5. The van der Waals surface area contributed by atoms with Crippen LogP contribution in [0.5, 0.6) is 0 Å². The zero-order valence-electron chi connectivity index (χ0n) is 35.3. The lowest BCUT2D eigenvalue weighted by Gasteiger charge is -2.32.